The van der Waals surface area contributed by atoms with E-state index in [4.69, 9.17) is 13.9 Å². The van der Waals surface area contributed by atoms with E-state index in [2.05, 4.69) is 4.98 Å². The molecule has 5 nitrogen and oxygen atoms in total. The first-order valence-electron chi connectivity index (χ1n) is 9.45. The Hall–Kier alpha value is -2.45. The predicted molar refractivity (Wildman–Crippen MR) is 117 cm³/mol. The van der Waals surface area contributed by atoms with Crippen molar-refractivity contribution in [3.8, 4) is 22.8 Å². The molecule has 3 aromatic rings. The topological polar surface area (TPSA) is 61.6 Å². The van der Waals surface area contributed by atoms with Gasteiger partial charge in [-0.25, -0.2) is 9.37 Å². The third-order valence-electron chi connectivity index (χ3n) is 4.54. The van der Waals surface area contributed by atoms with E-state index in [0.29, 0.717) is 33.3 Å². The van der Waals surface area contributed by atoms with Gasteiger partial charge in [-0.2, -0.15) is 0 Å². The summed E-state index contributed by atoms with van der Waals surface area (Å²) in [5, 5.41) is 0. The fourth-order valence-corrected chi connectivity index (χ4v) is 5.90. The highest BCUT2D eigenvalue weighted by molar-refractivity contribution is 8.19. The molecule has 0 atom stereocenters. The number of halogens is 1. The summed E-state index contributed by atoms with van der Waals surface area (Å²) >= 11 is 3.80. The number of benzene rings is 2. The summed E-state index contributed by atoms with van der Waals surface area (Å²) in [6, 6.07) is 12.0. The predicted octanol–water partition coefficient (Wildman–Crippen LogP) is 5.51. The summed E-state index contributed by atoms with van der Waals surface area (Å²) in [4.78, 5) is 16.4. The van der Waals surface area contributed by atoms with E-state index in [0.717, 1.165) is 17.1 Å². The van der Waals surface area contributed by atoms with Crippen LogP contribution in [-0.2, 0) is 11.2 Å². The zero-order valence-electron chi connectivity index (χ0n) is 16.3. The summed E-state index contributed by atoms with van der Waals surface area (Å²) in [5.74, 6) is 3.06. The molecule has 156 valence electrons. The number of aromatic nitrogens is 1. The van der Waals surface area contributed by atoms with E-state index in [1.807, 2.05) is 35.7 Å². The third kappa shape index (κ3) is 4.82. The largest absolute Gasteiger partial charge is 0.493 e. The van der Waals surface area contributed by atoms with Crippen molar-refractivity contribution in [1.29, 1.82) is 0 Å². The molecular weight excluding hydrogens is 425 g/mol. The van der Waals surface area contributed by atoms with E-state index in [9.17, 15) is 9.18 Å². The van der Waals surface area contributed by atoms with Crippen LogP contribution in [0, 0.1) is 5.82 Å². The minimum absolute atomic E-state index is 0.0798. The lowest BCUT2D eigenvalue weighted by Gasteiger charge is -2.13. The van der Waals surface area contributed by atoms with Crippen LogP contribution in [0.25, 0.3) is 11.3 Å². The molecule has 1 saturated heterocycles. The third-order valence-corrected chi connectivity index (χ3v) is 7.65. The van der Waals surface area contributed by atoms with Crippen LogP contribution in [-0.4, -0.2) is 29.6 Å². The summed E-state index contributed by atoms with van der Waals surface area (Å²) in [7, 11) is 1.56. The minimum Gasteiger partial charge on any atom is -0.493 e. The second-order valence-corrected chi connectivity index (χ2v) is 9.28. The molecule has 0 aliphatic carbocycles. The van der Waals surface area contributed by atoms with Crippen molar-refractivity contribution >= 4 is 29.5 Å². The Kier molecular flexibility index (Phi) is 6.64. The van der Waals surface area contributed by atoms with Gasteiger partial charge in [0.1, 0.15) is 5.82 Å². The van der Waals surface area contributed by atoms with Crippen LogP contribution < -0.4 is 9.47 Å². The average molecular weight is 446 g/mol. The highest BCUT2D eigenvalue weighted by Crippen LogP contribution is 2.47. The SMILES string of the molecule is COc1cc(C2SCCS2)ccc1OC(=O)CCc1ncc(-c2ccccc2F)o1. The number of esters is 1. The maximum Gasteiger partial charge on any atom is 0.311 e. The lowest BCUT2D eigenvalue weighted by atomic mass is 10.2. The van der Waals surface area contributed by atoms with Crippen molar-refractivity contribution in [2.24, 2.45) is 0 Å². The van der Waals surface area contributed by atoms with Gasteiger partial charge in [0.15, 0.2) is 23.1 Å². The molecule has 1 fully saturated rings. The Balaban J connectivity index is 1.36. The highest BCUT2D eigenvalue weighted by atomic mass is 32.2. The molecule has 8 heteroatoms. The molecule has 0 N–H and O–H groups in total. The van der Waals surface area contributed by atoms with Crippen LogP contribution in [0.2, 0.25) is 0 Å². The average Bonchev–Trinajstić information content (AvgIpc) is 3.45. The van der Waals surface area contributed by atoms with E-state index in [1.54, 1.807) is 31.4 Å². The van der Waals surface area contributed by atoms with Gasteiger partial charge in [0.05, 0.1) is 29.9 Å². The van der Waals surface area contributed by atoms with Gasteiger partial charge in [0.25, 0.3) is 0 Å². The molecule has 0 bridgehead atoms. The summed E-state index contributed by atoms with van der Waals surface area (Å²) in [6.45, 7) is 0. The number of hydrogen-bond acceptors (Lipinski definition) is 7. The van der Waals surface area contributed by atoms with E-state index < -0.39 is 5.97 Å². The molecule has 1 aromatic heterocycles. The number of carbonyl (C=O) groups is 1. The van der Waals surface area contributed by atoms with Crippen molar-refractivity contribution in [2.75, 3.05) is 18.6 Å². The van der Waals surface area contributed by atoms with Gasteiger partial charge < -0.3 is 13.9 Å². The molecular formula is C22H20FNO4S2. The maximum absolute atomic E-state index is 13.9. The molecule has 2 heterocycles. The zero-order valence-corrected chi connectivity index (χ0v) is 17.9. The van der Waals surface area contributed by atoms with Crippen LogP contribution in [0.3, 0.4) is 0 Å². The molecule has 0 unspecified atom stereocenters. The van der Waals surface area contributed by atoms with Gasteiger partial charge in [-0.15, -0.1) is 23.5 Å². The monoisotopic (exact) mass is 445 g/mol. The fraction of sp³-hybridized carbons (Fsp3) is 0.273. The van der Waals surface area contributed by atoms with E-state index in [-0.39, 0.29) is 18.7 Å². The standard InChI is InChI=1S/C22H20FNO4S2/c1-26-18-12-14(22-29-10-11-30-22)6-7-17(18)28-21(25)9-8-20-24-13-19(27-20)15-4-2-3-5-16(15)23/h2-7,12-13,22H,8-11H2,1H3. The molecule has 2 aromatic carbocycles. The van der Waals surface area contributed by atoms with Crippen molar-refractivity contribution in [1.82, 2.24) is 4.98 Å². The van der Waals surface area contributed by atoms with Crippen molar-refractivity contribution in [3.05, 3.63) is 65.9 Å². The molecule has 0 amide bonds. The van der Waals surface area contributed by atoms with Gasteiger partial charge >= 0.3 is 5.97 Å². The van der Waals surface area contributed by atoms with Crippen LogP contribution in [0.1, 0.15) is 22.5 Å². The van der Waals surface area contributed by atoms with Gasteiger partial charge in [-0.05, 0) is 29.8 Å². The number of oxazole rings is 1. The number of aryl methyl sites for hydroxylation is 1. The first-order chi connectivity index (χ1) is 14.6. The van der Waals surface area contributed by atoms with Gasteiger partial charge in [0.2, 0.25) is 0 Å². The first-order valence-corrected chi connectivity index (χ1v) is 11.5. The van der Waals surface area contributed by atoms with Crippen molar-refractivity contribution in [3.63, 3.8) is 0 Å². The Morgan fingerprint density at radius 2 is 2.00 bits per heavy atom. The minimum atomic E-state index is -0.420. The Morgan fingerprint density at radius 3 is 2.77 bits per heavy atom. The first kappa shape index (κ1) is 20.8. The lowest BCUT2D eigenvalue weighted by molar-refractivity contribution is -0.134. The van der Waals surface area contributed by atoms with Gasteiger partial charge in [-0.1, -0.05) is 18.2 Å². The summed E-state index contributed by atoms with van der Waals surface area (Å²) in [5.41, 5.74) is 1.49. The van der Waals surface area contributed by atoms with E-state index in [1.165, 1.54) is 12.3 Å². The number of thioether (sulfide) groups is 2. The quantitative estimate of drug-likeness (QED) is 0.351. The number of nitrogens with zero attached hydrogens (tertiary/aromatic N) is 1. The molecule has 0 saturated carbocycles. The van der Waals surface area contributed by atoms with Crippen LogP contribution in [0.15, 0.2) is 53.1 Å². The summed E-state index contributed by atoms with van der Waals surface area (Å²) in [6.07, 6.45) is 1.79. The molecule has 1 aliphatic heterocycles. The summed E-state index contributed by atoms with van der Waals surface area (Å²) < 4.78 is 30.7. The fourth-order valence-electron chi connectivity index (χ4n) is 3.06. The number of carbonyl (C=O) groups excluding carboxylic acids is 1. The number of hydrogen-bond donors (Lipinski definition) is 0. The lowest BCUT2D eigenvalue weighted by Crippen LogP contribution is -2.10. The number of methoxy groups -OCH3 is 1. The maximum atomic E-state index is 13.9. The second-order valence-electron chi connectivity index (χ2n) is 6.56. The zero-order chi connectivity index (χ0) is 20.9. The van der Waals surface area contributed by atoms with Crippen molar-refractivity contribution in [2.45, 2.75) is 17.4 Å². The smallest absolute Gasteiger partial charge is 0.311 e. The molecule has 30 heavy (non-hydrogen) atoms. The molecule has 4 rings (SSSR count). The van der Waals surface area contributed by atoms with Crippen LogP contribution >= 0.6 is 23.5 Å². The Labute approximate surface area is 182 Å². The van der Waals surface area contributed by atoms with Gasteiger partial charge in [0, 0.05) is 17.9 Å². The highest BCUT2D eigenvalue weighted by Gasteiger charge is 2.21. The number of ether oxygens (including phenoxy) is 2. The van der Waals surface area contributed by atoms with Gasteiger partial charge in [-0.3, -0.25) is 4.79 Å². The van der Waals surface area contributed by atoms with E-state index >= 15 is 0 Å². The Morgan fingerprint density at radius 1 is 1.20 bits per heavy atom. The molecule has 0 radical (unpaired) electrons. The van der Waals surface area contributed by atoms with Crippen LogP contribution in [0.5, 0.6) is 11.5 Å². The Bertz CT molecular complexity index is 1030. The molecule has 0 spiro atoms. The second kappa shape index (κ2) is 9.57. The van der Waals surface area contributed by atoms with Crippen LogP contribution in [0.4, 0.5) is 4.39 Å². The molecule has 1 aliphatic rings. The number of rotatable bonds is 7. The van der Waals surface area contributed by atoms with Crippen molar-refractivity contribution < 1.29 is 23.1 Å². The normalized spacial score (nSPS) is 14.1.